The molecule has 0 radical (unpaired) electrons. The van der Waals surface area contributed by atoms with Gasteiger partial charge >= 0.3 is 59.1 Å². The van der Waals surface area contributed by atoms with Crippen LogP contribution in [0.2, 0.25) is 0 Å². The largest absolute Gasteiger partial charge is 1.00 e. The van der Waals surface area contributed by atoms with Crippen molar-refractivity contribution in [2.45, 2.75) is 37.8 Å². The molecule has 26 heavy (non-hydrogen) atoms. The van der Waals surface area contributed by atoms with Crippen LogP contribution in [0.1, 0.15) is 25.7 Å². The minimum atomic E-state index is -1.32. The minimum absolute atomic E-state index is 0. The van der Waals surface area contributed by atoms with Crippen LogP contribution < -0.4 is 69.3 Å². The van der Waals surface area contributed by atoms with Crippen molar-refractivity contribution in [3.05, 3.63) is 10.4 Å². The molecule has 2 rings (SSSR count). The van der Waals surface area contributed by atoms with Crippen LogP contribution in [0.15, 0.2) is 10.6 Å². The number of carboxylic acids is 2. The zero-order valence-electron chi connectivity index (χ0n) is 14.4. The van der Waals surface area contributed by atoms with E-state index in [2.05, 4.69) is 10.6 Å². The normalized spacial score (nSPS) is 22.6. The third kappa shape index (κ3) is 7.28. The predicted molar refractivity (Wildman–Crippen MR) is 65.2 cm³/mol. The average molecular weight is 394 g/mol. The summed E-state index contributed by atoms with van der Waals surface area (Å²) < 4.78 is 0. The molecule has 0 saturated carbocycles. The van der Waals surface area contributed by atoms with Crippen LogP contribution in [0, 0.1) is 10.4 Å². The van der Waals surface area contributed by atoms with E-state index in [0.717, 1.165) is 10.0 Å². The Balaban J connectivity index is 0. The van der Waals surface area contributed by atoms with Gasteiger partial charge in [-0.1, -0.05) is 0 Å². The molecule has 2 fully saturated rings. The molecule has 0 unspecified atom stereocenters. The Morgan fingerprint density at radius 3 is 1.38 bits per heavy atom. The molecule has 0 aliphatic carbocycles. The van der Waals surface area contributed by atoms with Gasteiger partial charge in [0.25, 0.3) is 0 Å². The summed E-state index contributed by atoms with van der Waals surface area (Å²) in [7, 11) is 0. The molecule has 2 N–H and O–H groups in total. The van der Waals surface area contributed by atoms with Crippen LogP contribution >= 0.6 is 0 Å². The number of hydrazine groups is 2. The number of aliphatic carboxylic acids is 2. The predicted octanol–water partition coefficient (Wildman–Crippen LogP) is -9.06. The molecule has 0 aromatic carbocycles. The van der Waals surface area contributed by atoms with Gasteiger partial charge in [0, 0.05) is 0 Å². The molecule has 2 aliphatic rings. The van der Waals surface area contributed by atoms with Crippen LogP contribution in [-0.2, 0) is 9.59 Å². The SMILES string of the molecule is O=C([O-])[C@@H]1CCCN1[N+]([O-])=NO.O=C([O-])[C@@H]1CCCN1[N+]([O-])=NO.[Na+].[Na+]. The van der Waals surface area contributed by atoms with Crippen LogP contribution in [0.25, 0.3) is 0 Å². The van der Waals surface area contributed by atoms with Gasteiger partial charge < -0.3 is 40.6 Å². The smallest absolute Gasteiger partial charge is 0.569 e. The van der Waals surface area contributed by atoms with Gasteiger partial charge in [0.05, 0.1) is 35.0 Å². The van der Waals surface area contributed by atoms with E-state index in [9.17, 15) is 30.2 Å². The van der Waals surface area contributed by atoms with Crippen LogP contribution in [0.4, 0.5) is 0 Å². The van der Waals surface area contributed by atoms with Crippen LogP contribution in [0.3, 0.4) is 0 Å². The van der Waals surface area contributed by atoms with Gasteiger partial charge in [-0.3, -0.25) is 0 Å². The summed E-state index contributed by atoms with van der Waals surface area (Å²) in [5.74, 6) is -2.64. The molecule has 0 spiro atoms. The van der Waals surface area contributed by atoms with Crippen LogP contribution in [-0.4, -0.2) is 67.5 Å². The molecule has 2 atom stereocenters. The van der Waals surface area contributed by atoms with E-state index < -0.39 is 24.0 Å². The van der Waals surface area contributed by atoms with Crippen molar-refractivity contribution in [3.63, 3.8) is 0 Å². The van der Waals surface area contributed by atoms with Crippen molar-refractivity contribution < 1.29 is 99.3 Å². The average Bonchev–Trinajstić information content (AvgIpc) is 3.22. The topological polar surface area (TPSA) is 204 Å². The fraction of sp³-hybridized carbons (Fsp3) is 0.800. The zero-order valence-corrected chi connectivity index (χ0v) is 18.4. The second-order valence-corrected chi connectivity index (χ2v) is 4.96. The number of nitrogens with zero attached hydrogens (tertiary/aromatic N) is 6. The van der Waals surface area contributed by atoms with Gasteiger partial charge in [0.15, 0.2) is 0 Å². The summed E-state index contributed by atoms with van der Waals surface area (Å²) in [5.41, 5.74) is 0. The quantitative estimate of drug-likeness (QED) is 0.199. The second-order valence-electron chi connectivity index (χ2n) is 4.96. The first-order valence-electron chi connectivity index (χ1n) is 6.92. The Hall–Kier alpha value is -1.06. The second kappa shape index (κ2) is 13.2. The number of carboxylic acid groups (broad SMARTS) is 2. The molecule has 2 aliphatic heterocycles. The molecule has 0 amide bonds. The third-order valence-corrected chi connectivity index (χ3v) is 3.59. The molecule has 16 heteroatoms. The summed E-state index contributed by atoms with van der Waals surface area (Å²) in [6.45, 7) is 0.540. The number of carbonyl (C=O) groups is 2. The molecule has 0 aromatic rings. The maximum Gasteiger partial charge on any atom is 1.00 e. The number of carbonyl (C=O) groups excluding carboxylic acids is 2. The Morgan fingerprint density at radius 2 is 1.15 bits per heavy atom. The van der Waals surface area contributed by atoms with E-state index in [1.54, 1.807) is 0 Å². The Kier molecular flexibility index (Phi) is 13.7. The first-order chi connectivity index (χ1) is 11.3. The summed E-state index contributed by atoms with van der Waals surface area (Å²) in [5, 5.41) is 64.7. The number of hydrogen-bond donors (Lipinski definition) is 2. The van der Waals surface area contributed by atoms with Gasteiger partial charge in [-0.15, -0.1) is 10.0 Å². The zero-order chi connectivity index (χ0) is 18.3. The third-order valence-electron chi connectivity index (χ3n) is 3.59. The summed E-state index contributed by atoms with van der Waals surface area (Å²) in [6.07, 6.45) is 1.84. The van der Waals surface area contributed by atoms with Crippen molar-refractivity contribution >= 4 is 11.9 Å². The van der Waals surface area contributed by atoms with Gasteiger partial charge in [-0.25, -0.2) is 0 Å². The van der Waals surface area contributed by atoms with Gasteiger partial charge in [-0.05, 0) is 25.7 Å². The van der Waals surface area contributed by atoms with E-state index in [1.807, 2.05) is 0 Å². The van der Waals surface area contributed by atoms with Crippen molar-refractivity contribution in [3.8, 4) is 0 Å². The maximum atomic E-state index is 10.7. The summed E-state index contributed by atoms with van der Waals surface area (Å²) in [6, 6.07) is -1.95. The molecule has 2 saturated heterocycles. The van der Waals surface area contributed by atoms with Gasteiger partial charge in [0.1, 0.15) is 12.1 Å². The maximum absolute atomic E-state index is 10.7. The fourth-order valence-electron chi connectivity index (χ4n) is 2.49. The van der Waals surface area contributed by atoms with E-state index in [0.29, 0.717) is 25.7 Å². The van der Waals surface area contributed by atoms with E-state index in [-0.39, 0.29) is 82.1 Å². The van der Waals surface area contributed by atoms with Gasteiger partial charge in [0.2, 0.25) is 10.6 Å². The molecule has 14 nitrogen and oxygen atoms in total. The standard InChI is InChI=1S/2C5H9N3O4.2Na/c2*9-5(10)4-2-1-3-7(4)8(12)6-11;;/h2*4,11H,1-3H2,(H,9,10);;/q;;2*+1/p-2/t2*4-;;/m00../s1. The Labute approximate surface area is 192 Å². The van der Waals surface area contributed by atoms with Crippen molar-refractivity contribution in [2.75, 3.05) is 13.1 Å². The summed E-state index contributed by atoms with van der Waals surface area (Å²) in [4.78, 5) is 20.5. The molecule has 2 heterocycles. The molecule has 0 aromatic heterocycles. The monoisotopic (exact) mass is 394 g/mol. The van der Waals surface area contributed by atoms with Crippen molar-refractivity contribution in [1.29, 1.82) is 0 Å². The van der Waals surface area contributed by atoms with Crippen molar-refractivity contribution in [2.24, 2.45) is 10.6 Å². The van der Waals surface area contributed by atoms with E-state index >= 15 is 0 Å². The summed E-state index contributed by atoms with van der Waals surface area (Å²) >= 11 is 0. The fourth-order valence-corrected chi connectivity index (χ4v) is 2.49. The number of hydrogen-bond acceptors (Lipinski definition) is 8. The van der Waals surface area contributed by atoms with Crippen LogP contribution in [0.5, 0.6) is 0 Å². The van der Waals surface area contributed by atoms with Gasteiger partial charge in [-0.2, -0.15) is 0 Å². The molecular formula is C10H16N6Na2O8. The van der Waals surface area contributed by atoms with E-state index in [1.165, 1.54) is 0 Å². The number of rotatable bonds is 4. The Bertz CT molecular complexity index is 490. The minimum Gasteiger partial charge on any atom is -0.569 e. The first-order valence-corrected chi connectivity index (χ1v) is 6.92. The Morgan fingerprint density at radius 1 is 0.846 bits per heavy atom. The molecule has 136 valence electrons. The van der Waals surface area contributed by atoms with Crippen molar-refractivity contribution in [1.82, 2.24) is 10.0 Å². The van der Waals surface area contributed by atoms with E-state index in [4.69, 9.17) is 10.4 Å². The first kappa shape index (κ1) is 27.2. The molecule has 0 bridgehead atoms. The molecular weight excluding hydrogens is 378 g/mol.